The summed E-state index contributed by atoms with van der Waals surface area (Å²) in [4.78, 5) is 6.74. The standard InChI is InChI=1S/C37H26N2O3S/c40-43-35-15-7-3-11-28(35)38(29-12-4-8-16-36(29)43)22-17-18-24-26(19-22)37(24)39-27-10-2-6-14-32(27)42-34-20-25-23-9-1-5-13-31(23)41-33(25)21-30(34)39/h1-3,5-6,8-11,13-14,16-21,24H,4,7,12,15H2. The zero-order chi connectivity index (χ0) is 28.2. The molecule has 0 saturated carbocycles. The summed E-state index contributed by atoms with van der Waals surface area (Å²) in [6, 6.07) is 20.7. The van der Waals surface area contributed by atoms with Crippen LogP contribution in [0, 0.1) is 5.92 Å². The first-order valence-electron chi connectivity index (χ1n) is 14.9. The summed E-state index contributed by atoms with van der Waals surface area (Å²) in [7, 11) is -1.09. The van der Waals surface area contributed by atoms with Gasteiger partial charge in [-0.15, -0.1) is 0 Å². The summed E-state index contributed by atoms with van der Waals surface area (Å²) in [6.07, 6.45) is 19.2. The molecule has 0 radical (unpaired) electrons. The lowest BCUT2D eigenvalue weighted by Crippen LogP contribution is -2.30. The Kier molecular flexibility index (Phi) is 4.75. The van der Waals surface area contributed by atoms with Crippen LogP contribution in [0.3, 0.4) is 0 Å². The average molecular weight is 579 g/mol. The minimum Gasteiger partial charge on any atom is -0.456 e. The number of para-hydroxylation sites is 3. The number of hydrogen-bond acceptors (Lipinski definition) is 5. The predicted molar refractivity (Wildman–Crippen MR) is 171 cm³/mol. The molecule has 4 aromatic rings. The predicted octanol–water partition coefficient (Wildman–Crippen LogP) is 9.35. The highest BCUT2D eigenvalue weighted by Crippen LogP contribution is 2.58. The zero-order valence-electron chi connectivity index (χ0n) is 23.2. The van der Waals surface area contributed by atoms with Crippen LogP contribution < -0.4 is 9.64 Å². The van der Waals surface area contributed by atoms with E-state index in [1.807, 2.05) is 30.3 Å². The number of ether oxygens (including phenoxy) is 1. The van der Waals surface area contributed by atoms with Crippen LogP contribution in [-0.2, 0) is 10.8 Å². The molecule has 2 atom stereocenters. The van der Waals surface area contributed by atoms with Crippen molar-refractivity contribution in [2.45, 2.75) is 25.7 Å². The van der Waals surface area contributed by atoms with Crippen LogP contribution in [-0.4, -0.2) is 9.11 Å². The monoisotopic (exact) mass is 578 g/mol. The molecule has 10 rings (SSSR count). The molecule has 0 N–H and O–H groups in total. The Bertz CT molecular complexity index is 2200. The molecule has 2 unspecified atom stereocenters. The maximum absolute atomic E-state index is 13.5. The molecular weight excluding hydrogens is 552 g/mol. The third kappa shape index (κ3) is 3.30. The van der Waals surface area contributed by atoms with E-state index in [2.05, 4.69) is 82.7 Å². The number of nitrogens with zero attached hydrogens (tertiary/aromatic N) is 2. The highest BCUT2D eigenvalue weighted by atomic mass is 32.2. The Labute approximate surface area is 251 Å². The zero-order valence-corrected chi connectivity index (χ0v) is 24.1. The van der Waals surface area contributed by atoms with Crippen molar-refractivity contribution < 1.29 is 13.4 Å². The minimum atomic E-state index is -1.09. The van der Waals surface area contributed by atoms with E-state index in [1.54, 1.807) is 0 Å². The molecule has 0 amide bonds. The van der Waals surface area contributed by atoms with E-state index in [-0.39, 0.29) is 5.92 Å². The van der Waals surface area contributed by atoms with Gasteiger partial charge in [0.2, 0.25) is 0 Å². The molecule has 6 aliphatic rings. The van der Waals surface area contributed by atoms with Crippen LogP contribution in [0.2, 0.25) is 0 Å². The fourth-order valence-electron chi connectivity index (χ4n) is 7.26. The van der Waals surface area contributed by atoms with Gasteiger partial charge in [-0.3, -0.25) is 0 Å². The lowest BCUT2D eigenvalue weighted by atomic mass is 10.0. The molecule has 0 saturated heterocycles. The molecule has 3 heterocycles. The summed E-state index contributed by atoms with van der Waals surface area (Å²) < 4.78 is 26.4. The Hall–Kier alpha value is -4.81. The number of rotatable bonds is 2. The van der Waals surface area contributed by atoms with Crippen LogP contribution in [0.15, 0.2) is 146 Å². The fraction of sp³-hybridized carbons (Fsp3) is 0.135. The third-order valence-electron chi connectivity index (χ3n) is 9.26. The molecule has 43 heavy (non-hydrogen) atoms. The van der Waals surface area contributed by atoms with E-state index >= 15 is 0 Å². The Morgan fingerprint density at radius 1 is 0.791 bits per heavy atom. The number of fused-ring (bicyclic) bond motifs is 6. The highest BCUT2D eigenvalue weighted by molar-refractivity contribution is 7.93. The van der Waals surface area contributed by atoms with Crippen molar-refractivity contribution in [1.29, 1.82) is 0 Å². The van der Waals surface area contributed by atoms with Crippen molar-refractivity contribution in [3.63, 3.8) is 0 Å². The molecule has 5 nitrogen and oxygen atoms in total. The first kappa shape index (κ1) is 23.7. The second-order valence-corrected chi connectivity index (χ2v) is 13.1. The van der Waals surface area contributed by atoms with Crippen LogP contribution in [0.4, 0.5) is 11.4 Å². The van der Waals surface area contributed by atoms with E-state index in [0.717, 1.165) is 97.4 Å². The van der Waals surface area contributed by atoms with E-state index < -0.39 is 10.8 Å². The second-order valence-electron chi connectivity index (χ2n) is 11.7. The quantitative estimate of drug-likeness (QED) is 0.237. The van der Waals surface area contributed by atoms with Gasteiger partial charge in [0.05, 0.1) is 32.8 Å². The lowest BCUT2D eigenvalue weighted by molar-refractivity contribution is 0.476. The van der Waals surface area contributed by atoms with Crippen LogP contribution in [0.5, 0.6) is 11.5 Å². The Balaban J connectivity index is 1.13. The van der Waals surface area contributed by atoms with E-state index in [9.17, 15) is 4.21 Å². The largest absolute Gasteiger partial charge is 0.456 e. The normalized spacial score (nSPS) is 23.2. The molecular formula is C37H26N2O3S. The Morgan fingerprint density at radius 2 is 1.65 bits per heavy atom. The van der Waals surface area contributed by atoms with Gasteiger partial charge in [-0.2, -0.15) is 0 Å². The molecule has 2 aliphatic heterocycles. The molecule has 3 aromatic carbocycles. The summed E-state index contributed by atoms with van der Waals surface area (Å²) in [5.41, 5.74) is 9.68. The minimum absolute atomic E-state index is 0.225. The lowest BCUT2D eigenvalue weighted by Gasteiger charge is -2.38. The van der Waals surface area contributed by atoms with E-state index in [1.165, 1.54) is 11.3 Å². The SMILES string of the molecule is O=S1C2=C(CCC=C2)N(C2=CC3=C(N4c5ccccc5Oc5cc6c(cc54)oc4ccccc46)C3C=C2)C2=C1CCC=C2. The van der Waals surface area contributed by atoms with Crippen LogP contribution >= 0.6 is 0 Å². The summed E-state index contributed by atoms with van der Waals surface area (Å²) in [5.74, 6) is 1.90. The maximum atomic E-state index is 13.5. The summed E-state index contributed by atoms with van der Waals surface area (Å²) >= 11 is 0. The van der Waals surface area contributed by atoms with Crippen LogP contribution in [0.1, 0.15) is 25.7 Å². The van der Waals surface area contributed by atoms with Crippen LogP contribution in [0.25, 0.3) is 21.9 Å². The summed E-state index contributed by atoms with van der Waals surface area (Å²) in [6.45, 7) is 0. The van der Waals surface area contributed by atoms with Gasteiger partial charge in [-0.05, 0) is 79.8 Å². The van der Waals surface area contributed by atoms with Crippen molar-refractivity contribution in [1.82, 2.24) is 4.90 Å². The van der Waals surface area contributed by atoms with Gasteiger partial charge >= 0.3 is 0 Å². The van der Waals surface area contributed by atoms with Crippen molar-refractivity contribution in [3.05, 3.63) is 141 Å². The molecule has 4 aliphatic carbocycles. The van der Waals surface area contributed by atoms with Crippen molar-refractivity contribution in [2.75, 3.05) is 4.90 Å². The number of allylic oxidation sites excluding steroid dienone is 10. The van der Waals surface area contributed by atoms with Gasteiger partial charge in [0.25, 0.3) is 0 Å². The number of furan rings is 1. The van der Waals surface area contributed by atoms with Crippen molar-refractivity contribution >= 4 is 44.1 Å². The fourth-order valence-corrected chi connectivity index (χ4v) is 8.80. The average Bonchev–Trinajstić information content (AvgIpc) is 3.64. The highest BCUT2D eigenvalue weighted by Gasteiger charge is 2.44. The van der Waals surface area contributed by atoms with Gasteiger partial charge in [0.15, 0.2) is 11.5 Å². The Morgan fingerprint density at radius 3 is 2.63 bits per heavy atom. The van der Waals surface area contributed by atoms with Gasteiger partial charge in [0, 0.05) is 44.8 Å². The van der Waals surface area contributed by atoms with Gasteiger partial charge in [-0.25, -0.2) is 4.21 Å². The van der Waals surface area contributed by atoms with Gasteiger partial charge < -0.3 is 19.0 Å². The van der Waals surface area contributed by atoms with Crippen molar-refractivity contribution in [3.8, 4) is 11.5 Å². The molecule has 0 fully saturated rings. The second kappa shape index (κ2) is 8.62. The number of anilines is 2. The van der Waals surface area contributed by atoms with E-state index in [0.29, 0.717) is 0 Å². The number of benzene rings is 3. The number of hydrogen-bond donors (Lipinski definition) is 0. The van der Waals surface area contributed by atoms with E-state index in [4.69, 9.17) is 9.15 Å². The summed E-state index contributed by atoms with van der Waals surface area (Å²) in [5, 5.41) is 2.14. The maximum Gasteiger partial charge on any atom is 0.152 e. The van der Waals surface area contributed by atoms with Gasteiger partial charge in [-0.1, -0.05) is 48.6 Å². The molecule has 0 bridgehead atoms. The molecule has 0 spiro atoms. The first-order chi connectivity index (χ1) is 21.2. The smallest absolute Gasteiger partial charge is 0.152 e. The molecule has 6 heteroatoms. The first-order valence-corrected chi connectivity index (χ1v) is 16.1. The topological polar surface area (TPSA) is 45.9 Å². The molecule has 208 valence electrons. The van der Waals surface area contributed by atoms with Gasteiger partial charge in [0.1, 0.15) is 11.2 Å². The third-order valence-corrected chi connectivity index (χ3v) is 10.9. The molecule has 1 aromatic heterocycles. The van der Waals surface area contributed by atoms with Crippen molar-refractivity contribution in [2.24, 2.45) is 5.92 Å².